The van der Waals surface area contributed by atoms with E-state index < -0.39 is 0 Å². The summed E-state index contributed by atoms with van der Waals surface area (Å²) in [7, 11) is 0. The standard InChI is InChI=1S/C15H18N4O2/c1-4-21-15(20)10-19-12(3)14(11(2)18-19)6-5-13-7-8-16-17-9-13/h5-9H,4,10H2,1-3H3/b6-5+. The molecule has 0 N–H and O–H groups in total. The third-order valence-electron chi connectivity index (χ3n) is 3.07. The summed E-state index contributed by atoms with van der Waals surface area (Å²) in [5.41, 5.74) is 3.76. The van der Waals surface area contributed by atoms with Crippen molar-refractivity contribution in [1.29, 1.82) is 0 Å². The van der Waals surface area contributed by atoms with Crippen molar-refractivity contribution in [2.24, 2.45) is 0 Å². The molecular weight excluding hydrogens is 268 g/mol. The highest BCUT2D eigenvalue weighted by atomic mass is 16.5. The SMILES string of the molecule is CCOC(=O)Cn1nc(C)c(/C=C/c2ccnnc2)c1C. The second-order valence-corrected chi connectivity index (χ2v) is 4.56. The van der Waals surface area contributed by atoms with Crippen LogP contribution in [0.5, 0.6) is 0 Å². The predicted molar refractivity (Wildman–Crippen MR) is 79.3 cm³/mol. The summed E-state index contributed by atoms with van der Waals surface area (Å²) in [5.74, 6) is -0.281. The topological polar surface area (TPSA) is 69.9 Å². The molecule has 0 saturated heterocycles. The van der Waals surface area contributed by atoms with E-state index >= 15 is 0 Å². The second-order valence-electron chi connectivity index (χ2n) is 4.56. The molecule has 0 saturated carbocycles. The Morgan fingerprint density at radius 3 is 2.81 bits per heavy atom. The van der Waals surface area contributed by atoms with Gasteiger partial charge in [-0.2, -0.15) is 15.3 Å². The van der Waals surface area contributed by atoms with Crippen molar-refractivity contribution in [3.05, 3.63) is 41.0 Å². The van der Waals surface area contributed by atoms with E-state index in [1.54, 1.807) is 24.0 Å². The van der Waals surface area contributed by atoms with E-state index in [0.29, 0.717) is 6.61 Å². The van der Waals surface area contributed by atoms with E-state index in [2.05, 4.69) is 15.3 Å². The van der Waals surface area contributed by atoms with E-state index in [0.717, 1.165) is 22.5 Å². The average molecular weight is 286 g/mol. The number of aryl methyl sites for hydroxylation is 1. The number of rotatable bonds is 5. The molecule has 2 aromatic heterocycles. The first kappa shape index (κ1) is 14.9. The Bertz CT molecular complexity index is 647. The van der Waals surface area contributed by atoms with Crippen molar-refractivity contribution >= 4 is 18.1 Å². The smallest absolute Gasteiger partial charge is 0.327 e. The fourth-order valence-corrected chi connectivity index (χ4v) is 2.01. The number of hydrogen-bond donors (Lipinski definition) is 0. The maximum atomic E-state index is 11.5. The van der Waals surface area contributed by atoms with Gasteiger partial charge in [-0.3, -0.25) is 9.48 Å². The molecule has 2 rings (SSSR count). The maximum Gasteiger partial charge on any atom is 0.327 e. The Morgan fingerprint density at radius 1 is 1.33 bits per heavy atom. The zero-order chi connectivity index (χ0) is 15.2. The molecule has 110 valence electrons. The Labute approximate surface area is 123 Å². The molecule has 0 amide bonds. The quantitative estimate of drug-likeness (QED) is 0.786. The summed E-state index contributed by atoms with van der Waals surface area (Å²) in [5, 5.41) is 11.9. The van der Waals surface area contributed by atoms with E-state index in [1.807, 2.05) is 32.1 Å². The largest absolute Gasteiger partial charge is 0.465 e. The van der Waals surface area contributed by atoms with E-state index in [-0.39, 0.29) is 12.5 Å². The van der Waals surface area contributed by atoms with Gasteiger partial charge in [-0.1, -0.05) is 12.2 Å². The molecule has 0 radical (unpaired) electrons. The monoisotopic (exact) mass is 286 g/mol. The lowest BCUT2D eigenvalue weighted by molar-refractivity contribution is -0.144. The molecule has 21 heavy (non-hydrogen) atoms. The molecule has 2 aromatic rings. The van der Waals surface area contributed by atoms with Crippen molar-refractivity contribution in [3.8, 4) is 0 Å². The van der Waals surface area contributed by atoms with Gasteiger partial charge in [0.1, 0.15) is 6.54 Å². The van der Waals surface area contributed by atoms with Gasteiger partial charge in [0.2, 0.25) is 0 Å². The fraction of sp³-hybridized carbons (Fsp3) is 0.333. The van der Waals surface area contributed by atoms with Crippen LogP contribution in [-0.2, 0) is 16.1 Å². The van der Waals surface area contributed by atoms with Crippen molar-refractivity contribution in [3.63, 3.8) is 0 Å². The van der Waals surface area contributed by atoms with Gasteiger partial charge in [0.25, 0.3) is 0 Å². The molecule has 0 aromatic carbocycles. The molecule has 0 atom stereocenters. The third-order valence-corrected chi connectivity index (χ3v) is 3.07. The molecule has 0 aliphatic carbocycles. The maximum absolute atomic E-state index is 11.5. The van der Waals surface area contributed by atoms with Crippen LogP contribution in [0.25, 0.3) is 12.2 Å². The number of nitrogens with zero attached hydrogens (tertiary/aromatic N) is 4. The van der Waals surface area contributed by atoms with Crippen LogP contribution in [0.2, 0.25) is 0 Å². The van der Waals surface area contributed by atoms with Crippen LogP contribution >= 0.6 is 0 Å². The van der Waals surface area contributed by atoms with Crippen LogP contribution in [0.3, 0.4) is 0 Å². The van der Waals surface area contributed by atoms with Gasteiger partial charge in [-0.25, -0.2) is 0 Å². The molecule has 2 heterocycles. The zero-order valence-corrected chi connectivity index (χ0v) is 12.4. The minimum Gasteiger partial charge on any atom is -0.465 e. The van der Waals surface area contributed by atoms with Gasteiger partial charge in [0.05, 0.1) is 24.7 Å². The highest BCUT2D eigenvalue weighted by molar-refractivity contribution is 5.72. The van der Waals surface area contributed by atoms with Crippen LogP contribution in [0, 0.1) is 13.8 Å². The number of esters is 1. The first-order valence-electron chi connectivity index (χ1n) is 6.76. The van der Waals surface area contributed by atoms with Crippen LogP contribution < -0.4 is 0 Å². The minimum absolute atomic E-state index is 0.130. The average Bonchev–Trinajstić information content (AvgIpc) is 2.73. The molecule has 6 heteroatoms. The van der Waals surface area contributed by atoms with Crippen LogP contribution in [-0.4, -0.2) is 32.6 Å². The normalized spacial score (nSPS) is 11.0. The van der Waals surface area contributed by atoms with E-state index in [9.17, 15) is 4.79 Å². The molecule has 0 aliphatic heterocycles. The van der Waals surface area contributed by atoms with Gasteiger partial charge in [0.15, 0.2) is 0 Å². The second kappa shape index (κ2) is 6.78. The van der Waals surface area contributed by atoms with E-state index in [1.165, 1.54) is 0 Å². The number of hydrogen-bond acceptors (Lipinski definition) is 5. The number of aromatic nitrogens is 4. The van der Waals surface area contributed by atoms with Gasteiger partial charge in [-0.15, -0.1) is 0 Å². The van der Waals surface area contributed by atoms with Crippen molar-refractivity contribution in [2.45, 2.75) is 27.3 Å². The lowest BCUT2D eigenvalue weighted by Gasteiger charge is -2.04. The lowest BCUT2D eigenvalue weighted by atomic mass is 10.1. The molecular formula is C15H18N4O2. The minimum atomic E-state index is -0.281. The summed E-state index contributed by atoms with van der Waals surface area (Å²) in [4.78, 5) is 11.5. The number of carbonyl (C=O) groups excluding carboxylic acids is 1. The summed E-state index contributed by atoms with van der Waals surface area (Å²) in [6.07, 6.45) is 7.24. The Balaban J connectivity index is 2.19. The van der Waals surface area contributed by atoms with Crippen LogP contribution in [0.15, 0.2) is 18.5 Å². The Morgan fingerprint density at radius 2 is 2.14 bits per heavy atom. The number of ether oxygens (including phenoxy) is 1. The zero-order valence-electron chi connectivity index (χ0n) is 12.4. The highest BCUT2D eigenvalue weighted by Crippen LogP contribution is 2.16. The number of carbonyl (C=O) groups is 1. The van der Waals surface area contributed by atoms with Crippen molar-refractivity contribution in [2.75, 3.05) is 6.61 Å². The molecule has 0 bridgehead atoms. The van der Waals surface area contributed by atoms with Gasteiger partial charge in [-0.05, 0) is 32.4 Å². The molecule has 6 nitrogen and oxygen atoms in total. The third kappa shape index (κ3) is 3.75. The van der Waals surface area contributed by atoms with Gasteiger partial charge in [0, 0.05) is 11.3 Å². The van der Waals surface area contributed by atoms with Crippen LogP contribution in [0.4, 0.5) is 0 Å². The summed E-state index contributed by atoms with van der Waals surface area (Å²) in [6, 6.07) is 1.87. The molecule has 0 spiro atoms. The first-order chi connectivity index (χ1) is 10.1. The van der Waals surface area contributed by atoms with E-state index in [4.69, 9.17) is 4.74 Å². The van der Waals surface area contributed by atoms with Crippen LogP contribution in [0.1, 0.15) is 29.4 Å². The molecule has 0 unspecified atom stereocenters. The highest BCUT2D eigenvalue weighted by Gasteiger charge is 2.12. The van der Waals surface area contributed by atoms with Gasteiger partial charge < -0.3 is 4.74 Å². The van der Waals surface area contributed by atoms with Crippen molar-refractivity contribution < 1.29 is 9.53 Å². The first-order valence-corrected chi connectivity index (χ1v) is 6.76. The molecule has 0 fully saturated rings. The summed E-state index contributed by atoms with van der Waals surface area (Å²) >= 11 is 0. The van der Waals surface area contributed by atoms with Gasteiger partial charge >= 0.3 is 5.97 Å². The lowest BCUT2D eigenvalue weighted by Crippen LogP contribution is -2.15. The Hall–Kier alpha value is -2.50. The Kier molecular flexibility index (Phi) is 4.81. The molecule has 0 aliphatic rings. The van der Waals surface area contributed by atoms with Crippen molar-refractivity contribution in [1.82, 2.24) is 20.0 Å². The predicted octanol–water partition coefficient (Wildman–Crippen LogP) is 2.02. The fourth-order valence-electron chi connectivity index (χ4n) is 2.01. The summed E-state index contributed by atoms with van der Waals surface area (Å²) < 4.78 is 6.61. The summed E-state index contributed by atoms with van der Waals surface area (Å²) in [6.45, 7) is 6.14.